The Morgan fingerprint density at radius 1 is 1.35 bits per heavy atom. The Kier molecular flexibility index (Phi) is 3.96. The van der Waals surface area contributed by atoms with E-state index >= 15 is 0 Å². The number of hydrogen-bond acceptors (Lipinski definition) is 2. The van der Waals surface area contributed by atoms with Gasteiger partial charge < -0.3 is 10.4 Å². The van der Waals surface area contributed by atoms with Crippen LogP contribution in [-0.4, -0.2) is 29.7 Å². The molecule has 0 heterocycles. The molecule has 1 aromatic carbocycles. The molecule has 7 heteroatoms. The molecule has 3 unspecified atom stereocenters. The molecule has 2 rings (SSSR count). The van der Waals surface area contributed by atoms with Crippen LogP contribution in [0.15, 0.2) is 18.2 Å². The standard InChI is InChI=1S/C13H12F3NO3/c14-5-11(13(19)20)17-12(18)8-4-7(8)6-1-2-9(15)10(16)3-6/h1-3,7-8,11H,4-5H2,(H,17,18)(H,19,20). The lowest BCUT2D eigenvalue weighted by Gasteiger charge is -2.10. The maximum absolute atomic E-state index is 13.1. The molecular formula is C13H12F3NO3. The van der Waals surface area contributed by atoms with Crippen molar-refractivity contribution >= 4 is 11.9 Å². The minimum Gasteiger partial charge on any atom is -0.480 e. The fourth-order valence-electron chi connectivity index (χ4n) is 2.04. The van der Waals surface area contributed by atoms with Crippen molar-refractivity contribution in [3.8, 4) is 0 Å². The van der Waals surface area contributed by atoms with Gasteiger partial charge in [-0.25, -0.2) is 18.0 Å². The Morgan fingerprint density at radius 2 is 2.05 bits per heavy atom. The van der Waals surface area contributed by atoms with Gasteiger partial charge in [0.1, 0.15) is 6.67 Å². The lowest BCUT2D eigenvalue weighted by molar-refractivity contribution is -0.142. The normalized spacial score (nSPS) is 22.1. The fraction of sp³-hybridized carbons (Fsp3) is 0.385. The SMILES string of the molecule is O=C(O)C(CF)NC(=O)C1CC1c1ccc(F)c(F)c1. The first-order valence-electron chi connectivity index (χ1n) is 5.98. The summed E-state index contributed by atoms with van der Waals surface area (Å²) in [5.74, 6) is -4.84. The van der Waals surface area contributed by atoms with E-state index in [0.29, 0.717) is 12.0 Å². The van der Waals surface area contributed by atoms with Crippen molar-refractivity contribution in [1.29, 1.82) is 0 Å². The van der Waals surface area contributed by atoms with Crippen LogP contribution in [0.25, 0.3) is 0 Å². The van der Waals surface area contributed by atoms with Crippen LogP contribution < -0.4 is 5.32 Å². The van der Waals surface area contributed by atoms with E-state index in [1.807, 2.05) is 0 Å². The zero-order valence-corrected chi connectivity index (χ0v) is 10.3. The molecule has 0 aliphatic heterocycles. The van der Waals surface area contributed by atoms with Crippen LogP contribution in [0.4, 0.5) is 13.2 Å². The van der Waals surface area contributed by atoms with Crippen molar-refractivity contribution in [3.05, 3.63) is 35.4 Å². The van der Waals surface area contributed by atoms with Crippen LogP contribution in [0, 0.1) is 17.6 Å². The van der Waals surface area contributed by atoms with Gasteiger partial charge in [0.15, 0.2) is 17.7 Å². The van der Waals surface area contributed by atoms with Gasteiger partial charge in [-0.2, -0.15) is 0 Å². The van der Waals surface area contributed by atoms with Gasteiger partial charge in [0.25, 0.3) is 0 Å². The third-order valence-corrected chi connectivity index (χ3v) is 3.27. The Balaban J connectivity index is 1.98. The van der Waals surface area contributed by atoms with Crippen molar-refractivity contribution in [1.82, 2.24) is 5.32 Å². The Labute approximate surface area is 112 Å². The van der Waals surface area contributed by atoms with Crippen molar-refractivity contribution < 1.29 is 27.9 Å². The Hall–Kier alpha value is -2.05. The van der Waals surface area contributed by atoms with Gasteiger partial charge >= 0.3 is 5.97 Å². The molecule has 0 bridgehead atoms. The minimum atomic E-state index is -1.58. The topological polar surface area (TPSA) is 66.4 Å². The smallest absolute Gasteiger partial charge is 0.328 e. The molecule has 1 aliphatic rings. The number of amides is 1. The van der Waals surface area contributed by atoms with Crippen LogP contribution in [0.3, 0.4) is 0 Å². The molecule has 1 aromatic rings. The Bertz CT molecular complexity index is 550. The van der Waals surface area contributed by atoms with Crippen molar-refractivity contribution in [3.63, 3.8) is 0 Å². The second-order valence-electron chi connectivity index (χ2n) is 4.68. The highest BCUT2D eigenvalue weighted by molar-refractivity contribution is 5.87. The van der Waals surface area contributed by atoms with E-state index in [-0.39, 0.29) is 5.92 Å². The number of alkyl halides is 1. The molecule has 0 spiro atoms. The summed E-state index contributed by atoms with van der Waals surface area (Å²) in [6.07, 6.45) is 0.398. The molecule has 108 valence electrons. The van der Waals surface area contributed by atoms with Crippen LogP contribution in [-0.2, 0) is 9.59 Å². The predicted octanol–water partition coefficient (Wildman–Crippen LogP) is 1.61. The summed E-state index contributed by atoms with van der Waals surface area (Å²) in [7, 11) is 0. The molecular weight excluding hydrogens is 275 g/mol. The molecule has 1 saturated carbocycles. The van der Waals surface area contributed by atoms with Gasteiger partial charge in [-0.05, 0) is 30.0 Å². The molecule has 3 atom stereocenters. The van der Waals surface area contributed by atoms with E-state index in [2.05, 4.69) is 5.32 Å². The number of carbonyl (C=O) groups excluding carboxylic acids is 1. The van der Waals surface area contributed by atoms with Gasteiger partial charge in [-0.3, -0.25) is 4.79 Å². The van der Waals surface area contributed by atoms with Crippen LogP contribution in [0.2, 0.25) is 0 Å². The highest BCUT2D eigenvalue weighted by Gasteiger charge is 2.45. The molecule has 0 radical (unpaired) electrons. The molecule has 4 nitrogen and oxygen atoms in total. The summed E-state index contributed by atoms with van der Waals surface area (Å²) in [5, 5.41) is 10.7. The van der Waals surface area contributed by atoms with Gasteiger partial charge in [0.2, 0.25) is 5.91 Å². The summed E-state index contributed by atoms with van der Waals surface area (Å²) >= 11 is 0. The summed E-state index contributed by atoms with van der Waals surface area (Å²) in [4.78, 5) is 22.3. The zero-order chi connectivity index (χ0) is 14.9. The largest absolute Gasteiger partial charge is 0.480 e. The minimum absolute atomic E-state index is 0.292. The van der Waals surface area contributed by atoms with E-state index in [9.17, 15) is 22.8 Å². The second kappa shape index (κ2) is 5.52. The van der Waals surface area contributed by atoms with E-state index in [4.69, 9.17) is 5.11 Å². The maximum atomic E-state index is 13.1. The maximum Gasteiger partial charge on any atom is 0.328 e. The van der Waals surface area contributed by atoms with E-state index in [1.165, 1.54) is 6.07 Å². The number of aliphatic carboxylic acids is 1. The highest BCUT2D eigenvalue weighted by Crippen LogP contribution is 2.47. The summed E-state index contributed by atoms with van der Waals surface area (Å²) in [6, 6.07) is 1.78. The van der Waals surface area contributed by atoms with E-state index < -0.39 is 42.1 Å². The first kappa shape index (κ1) is 14.4. The number of carboxylic acids is 1. The Morgan fingerprint density at radius 3 is 2.60 bits per heavy atom. The number of benzene rings is 1. The number of nitrogens with one attached hydrogen (secondary N) is 1. The number of carbonyl (C=O) groups is 2. The van der Waals surface area contributed by atoms with Crippen molar-refractivity contribution in [2.75, 3.05) is 6.67 Å². The number of halogens is 3. The van der Waals surface area contributed by atoms with Crippen molar-refractivity contribution in [2.24, 2.45) is 5.92 Å². The molecule has 20 heavy (non-hydrogen) atoms. The second-order valence-corrected chi connectivity index (χ2v) is 4.68. The number of hydrogen-bond donors (Lipinski definition) is 2. The molecule has 0 aromatic heterocycles. The van der Waals surface area contributed by atoms with Crippen LogP contribution in [0.1, 0.15) is 17.9 Å². The van der Waals surface area contributed by atoms with Crippen LogP contribution >= 0.6 is 0 Å². The fourth-order valence-corrected chi connectivity index (χ4v) is 2.04. The summed E-state index contributed by atoms with van der Waals surface area (Å²) < 4.78 is 38.2. The zero-order valence-electron chi connectivity index (χ0n) is 10.3. The van der Waals surface area contributed by atoms with E-state index in [0.717, 1.165) is 12.1 Å². The van der Waals surface area contributed by atoms with Gasteiger partial charge in [-0.15, -0.1) is 0 Å². The molecule has 0 saturated heterocycles. The molecule has 1 fully saturated rings. The third-order valence-electron chi connectivity index (χ3n) is 3.27. The monoisotopic (exact) mass is 287 g/mol. The molecule has 1 amide bonds. The molecule has 2 N–H and O–H groups in total. The lowest BCUT2D eigenvalue weighted by Crippen LogP contribution is -2.43. The average Bonchev–Trinajstić information content (AvgIpc) is 3.19. The van der Waals surface area contributed by atoms with Crippen molar-refractivity contribution in [2.45, 2.75) is 18.4 Å². The predicted molar refractivity (Wildman–Crippen MR) is 62.7 cm³/mol. The van der Waals surface area contributed by atoms with E-state index in [1.54, 1.807) is 0 Å². The van der Waals surface area contributed by atoms with Gasteiger partial charge in [-0.1, -0.05) is 6.07 Å². The van der Waals surface area contributed by atoms with Gasteiger partial charge in [0.05, 0.1) is 0 Å². The summed E-state index contributed by atoms with van der Waals surface area (Å²) in [6.45, 7) is -1.20. The average molecular weight is 287 g/mol. The third kappa shape index (κ3) is 2.92. The first-order valence-corrected chi connectivity index (χ1v) is 5.98. The number of carboxylic acid groups (broad SMARTS) is 1. The van der Waals surface area contributed by atoms with Crippen LogP contribution in [0.5, 0.6) is 0 Å². The lowest BCUT2D eigenvalue weighted by atomic mass is 10.1. The highest BCUT2D eigenvalue weighted by atomic mass is 19.2. The first-order chi connectivity index (χ1) is 9.43. The summed E-state index contributed by atoms with van der Waals surface area (Å²) in [5.41, 5.74) is 0.469. The molecule has 1 aliphatic carbocycles. The van der Waals surface area contributed by atoms with Gasteiger partial charge in [0, 0.05) is 5.92 Å². The number of rotatable bonds is 5. The quantitative estimate of drug-likeness (QED) is 0.864.